The Morgan fingerprint density at radius 2 is 1.93 bits per heavy atom. The lowest BCUT2D eigenvalue weighted by Gasteiger charge is -2.44. The first-order valence-corrected chi connectivity index (χ1v) is 10.1. The molecule has 2 unspecified atom stereocenters. The number of nitrogens with one attached hydrogen (secondary N) is 1. The van der Waals surface area contributed by atoms with Gasteiger partial charge in [0.05, 0.1) is 22.9 Å². The minimum absolute atomic E-state index is 0.0622. The first-order valence-electron chi connectivity index (χ1n) is 10.1. The van der Waals surface area contributed by atoms with Gasteiger partial charge in [-0.1, -0.05) is 30.3 Å². The Hall–Kier alpha value is -2.66. The molecule has 2 aromatic carbocycles. The molecule has 2 saturated heterocycles. The molecule has 0 radical (unpaired) electrons. The minimum atomic E-state index is -0.736. The van der Waals surface area contributed by atoms with E-state index in [4.69, 9.17) is 0 Å². The number of piperidine rings is 1. The van der Waals surface area contributed by atoms with Crippen LogP contribution in [0.2, 0.25) is 0 Å². The third-order valence-electron chi connectivity index (χ3n) is 6.39. The van der Waals surface area contributed by atoms with E-state index in [1.165, 1.54) is 0 Å². The summed E-state index contributed by atoms with van der Waals surface area (Å²) in [4.78, 5) is 15.5. The monoisotopic (exact) mass is 375 g/mol. The van der Waals surface area contributed by atoms with E-state index in [2.05, 4.69) is 22.3 Å². The second-order valence-electron chi connectivity index (χ2n) is 8.54. The lowest BCUT2D eigenvalue weighted by molar-refractivity contribution is -0.0426. The summed E-state index contributed by atoms with van der Waals surface area (Å²) in [6, 6.07) is 14.3. The number of hydrogen-bond acceptors (Lipinski definition) is 3. The minimum Gasteiger partial charge on any atom is -0.389 e. The van der Waals surface area contributed by atoms with E-state index in [9.17, 15) is 9.90 Å². The molecule has 2 aliphatic heterocycles. The fraction of sp³-hybridized carbons (Fsp3) is 0.391. The van der Waals surface area contributed by atoms with E-state index in [1.54, 1.807) is 6.20 Å². The lowest BCUT2D eigenvalue weighted by Crippen LogP contribution is -2.54. The van der Waals surface area contributed by atoms with Crippen LogP contribution in [0.15, 0.2) is 48.7 Å². The third-order valence-corrected chi connectivity index (χ3v) is 6.39. The molecule has 2 atom stereocenters. The second-order valence-corrected chi connectivity index (χ2v) is 8.54. The molecule has 0 saturated carbocycles. The highest BCUT2D eigenvalue weighted by molar-refractivity contribution is 6.06. The molecule has 2 bridgehead atoms. The van der Waals surface area contributed by atoms with Gasteiger partial charge >= 0.3 is 0 Å². The van der Waals surface area contributed by atoms with Gasteiger partial charge in [-0.25, -0.2) is 0 Å². The SMILES string of the molecule is Cc1cc(C(=O)N2C3CCC2CC(O)(Cc2ccccc2)C3)c2[nH]ncc2c1. The zero-order valence-electron chi connectivity index (χ0n) is 16.1. The zero-order chi connectivity index (χ0) is 19.3. The highest BCUT2D eigenvalue weighted by atomic mass is 16.3. The van der Waals surface area contributed by atoms with Gasteiger partial charge in [0.25, 0.3) is 5.91 Å². The number of rotatable bonds is 3. The van der Waals surface area contributed by atoms with Gasteiger partial charge in [0.1, 0.15) is 0 Å². The van der Waals surface area contributed by atoms with Crippen molar-refractivity contribution in [1.29, 1.82) is 0 Å². The average molecular weight is 375 g/mol. The number of nitrogens with zero attached hydrogens (tertiary/aromatic N) is 2. The van der Waals surface area contributed by atoms with Crippen LogP contribution in [0.3, 0.4) is 0 Å². The summed E-state index contributed by atoms with van der Waals surface area (Å²) in [5.41, 5.74) is 2.97. The van der Waals surface area contributed by atoms with Crippen LogP contribution in [0.25, 0.3) is 10.9 Å². The van der Waals surface area contributed by atoms with Crippen molar-refractivity contribution in [2.75, 3.05) is 0 Å². The van der Waals surface area contributed by atoms with Gasteiger partial charge in [-0.2, -0.15) is 5.10 Å². The number of hydrogen-bond donors (Lipinski definition) is 2. The van der Waals surface area contributed by atoms with Gasteiger partial charge in [0.15, 0.2) is 0 Å². The zero-order valence-corrected chi connectivity index (χ0v) is 16.1. The van der Waals surface area contributed by atoms with Crippen molar-refractivity contribution >= 4 is 16.8 Å². The normalized spacial score (nSPS) is 26.7. The van der Waals surface area contributed by atoms with Crippen molar-refractivity contribution < 1.29 is 9.90 Å². The van der Waals surface area contributed by atoms with E-state index >= 15 is 0 Å². The number of carbonyl (C=O) groups excluding carboxylic acids is 1. The van der Waals surface area contributed by atoms with Crippen LogP contribution in [0.5, 0.6) is 0 Å². The Kier molecular flexibility index (Phi) is 4.02. The quantitative estimate of drug-likeness (QED) is 0.735. The number of carbonyl (C=O) groups is 1. The van der Waals surface area contributed by atoms with Crippen molar-refractivity contribution in [3.8, 4) is 0 Å². The summed E-state index contributed by atoms with van der Waals surface area (Å²) in [5.74, 6) is 0.0622. The molecular weight excluding hydrogens is 350 g/mol. The molecule has 5 nitrogen and oxygen atoms in total. The molecule has 2 aliphatic rings. The van der Waals surface area contributed by atoms with E-state index in [1.807, 2.05) is 42.2 Å². The van der Waals surface area contributed by atoms with E-state index < -0.39 is 5.60 Å². The fourth-order valence-electron chi connectivity index (χ4n) is 5.29. The molecule has 1 amide bonds. The third kappa shape index (κ3) is 2.90. The molecule has 3 aromatic rings. The molecule has 1 aromatic heterocycles. The summed E-state index contributed by atoms with van der Waals surface area (Å²) in [7, 11) is 0. The number of benzene rings is 2. The molecule has 0 aliphatic carbocycles. The van der Waals surface area contributed by atoms with Gasteiger partial charge in [0, 0.05) is 23.9 Å². The second kappa shape index (κ2) is 6.45. The first-order chi connectivity index (χ1) is 13.5. The number of aliphatic hydroxyl groups is 1. The topological polar surface area (TPSA) is 69.2 Å². The van der Waals surface area contributed by atoms with Crippen molar-refractivity contribution in [2.45, 2.75) is 56.7 Å². The van der Waals surface area contributed by atoms with Gasteiger partial charge in [-0.05, 0) is 55.9 Å². The number of H-pyrrole nitrogens is 1. The number of aromatic amines is 1. The van der Waals surface area contributed by atoms with Crippen LogP contribution in [-0.4, -0.2) is 43.8 Å². The van der Waals surface area contributed by atoms with Crippen LogP contribution >= 0.6 is 0 Å². The van der Waals surface area contributed by atoms with Crippen molar-refractivity contribution in [2.24, 2.45) is 0 Å². The number of aryl methyl sites for hydroxylation is 1. The summed E-state index contributed by atoms with van der Waals surface area (Å²) < 4.78 is 0. The number of fused-ring (bicyclic) bond motifs is 3. The fourth-order valence-corrected chi connectivity index (χ4v) is 5.29. The van der Waals surface area contributed by atoms with Crippen molar-refractivity contribution in [1.82, 2.24) is 15.1 Å². The molecule has 2 fully saturated rings. The van der Waals surface area contributed by atoms with Crippen LogP contribution in [0.1, 0.15) is 47.2 Å². The Labute approximate surface area is 164 Å². The highest BCUT2D eigenvalue weighted by Gasteiger charge is 2.49. The predicted octanol–water partition coefficient (Wildman–Crippen LogP) is 3.61. The maximum absolute atomic E-state index is 13.5. The molecule has 3 heterocycles. The number of aromatic nitrogens is 2. The molecule has 28 heavy (non-hydrogen) atoms. The Morgan fingerprint density at radius 1 is 1.21 bits per heavy atom. The van der Waals surface area contributed by atoms with E-state index in [0.29, 0.717) is 24.8 Å². The summed E-state index contributed by atoms with van der Waals surface area (Å²) in [6.45, 7) is 2.01. The molecule has 5 rings (SSSR count). The molecule has 5 heteroatoms. The van der Waals surface area contributed by atoms with Gasteiger partial charge in [0.2, 0.25) is 0 Å². The standard InChI is InChI=1S/C23H25N3O2/c1-15-9-17-14-24-25-21(17)20(10-15)22(27)26-18-7-8-19(26)13-23(28,12-18)11-16-5-3-2-4-6-16/h2-6,9-10,14,18-19,28H,7-8,11-13H2,1H3,(H,24,25). The highest BCUT2D eigenvalue weighted by Crippen LogP contribution is 2.43. The van der Waals surface area contributed by atoms with Crippen LogP contribution in [-0.2, 0) is 6.42 Å². The Bertz CT molecular complexity index is 1010. The largest absolute Gasteiger partial charge is 0.389 e. The smallest absolute Gasteiger partial charge is 0.256 e. The van der Waals surface area contributed by atoms with Crippen molar-refractivity contribution in [3.63, 3.8) is 0 Å². The molecule has 0 spiro atoms. The maximum atomic E-state index is 13.5. The van der Waals surface area contributed by atoms with Crippen LogP contribution < -0.4 is 0 Å². The number of amides is 1. The summed E-state index contributed by atoms with van der Waals surface area (Å²) >= 11 is 0. The maximum Gasteiger partial charge on any atom is 0.256 e. The summed E-state index contributed by atoms with van der Waals surface area (Å²) in [6.07, 6.45) is 5.63. The Balaban J connectivity index is 1.42. The average Bonchev–Trinajstić information content (AvgIpc) is 3.24. The van der Waals surface area contributed by atoms with Gasteiger partial charge in [-0.15, -0.1) is 0 Å². The van der Waals surface area contributed by atoms with Crippen molar-refractivity contribution in [3.05, 3.63) is 65.4 Å². The van der Waals surface area contributed by atoms with E-state index in [0.717, 1.165) is 34.9 Å². The summed E-state index contributed by atoms with van der Waals surface area (Å²) in [5, 5.41) is 19.4. The molecular formula is C23H25N3O2. The van der Waals surface area contributed by atoms with Gasteiger partial charge < -0.3 is 10.0 Å². The first kappa shape index (κ1) is 17.4. The van der Waals surface area contributed by atoms with Crippen LogP contribution in [0.4, 0.5) is 0 Å². The molecule has 2 N–H and O–H groups in total. The van der Waals surface area contributed by atoms with E-state index in [-0.39, 0.29) is 18.0 Å². The Morgan fingerprint density at radius 3 is 2.64 bits per heavy atom. The predicted molar refractivity (Wildman–Crippen MR) is 108 cm³/mol. The van der Waals surface area contributed by atoms with Crippen LogP contribution in [0, 0.1) is 6.92 Å². The molecule has 144 valence electrons. The lowest BCUT2D eigenvalue weighted by atomic mass is 9.81. The van der Waals surface area contributed by atoms with Gasteiger partial charge in [-0.3, -0.25) is 9.89 Å².